The van der Waals surface area contributed by atoms with E-state index in [0.29, 0.717) is 18.7 Å². The summed E-state index contributed by atoms with van der Waals surface area (Å²) in [6.07, 6.45) is 2.34. The Kier molecular flexibility index (Phi) is 5.62. The van der Waals surface area contributed by atoms with Crippen molar-refractivity contribution in [3.8, 4) is 5.75 Å². The molecule has 1 aromatic rings. The Morgan fingerprint density at radius 2 is 1.86 bits per heavy atom. The van der Waals surface area contributed by atoms with Crippen LogP contribution in [0.2, 0.25) is 0 Å². The smallest absolute Gasteiger partial charge is 0.254 e. The van der Waals surface area contributed by atoms with Gasteiger partial charge in [-0.1, -0.05) is 13.3 Å². The summed E-state index contributed by atoms with van der Waals surface area (Å²) in [4.78, 5) is 14.4. The van der Waals surface area contributed by atoms with Crippen LogP contribution in [0.4, 0.5) is 0 Å². The quantitative estimate of drug-likeness (QED) is 0.782. The van der Waals surface area contributed by atoms with Gasteiger partial charge >= 0.3 is 0 Å². The maximum Gasteiger partial charge on any atom is 0.254 e. The van der Waals surface area contributed by atoms with Crippen LogP contribution in [0.5, 0.6) is 5.75 Å². The second-order valence-electron chi connectivity index (χ2n) is 5.69. The molecule has 116 valence electrons. The van der Waals surface area contributed by atoms with E-state index in [4.69, 9.17) is 9.47 Å². The molecule has 0 bridgehead atoms. The molecule has 0 radical (unpaired) electrons. The lowest BCUT2D eigenvalue weighted by Gasteiger charge is -2.35. The summed E-state index contributed by atoms with van der Waals surface area (Å²) in [7, 11) is 0. The number of morpholine rings is 1. The molecule has 1 aromatic carbocycles. The van der Waals surface area contributed by atoms with Gasteiger partial charge in [0.25, 0.3) is 5.91 Å². The van der Waals surface area contributed by atoms with E-state index < -0.39 is 0 Å². The Morgan fingerprint density at radius 1 is 1.24 bits per heavy atom. The SMILES string of the molecule is CCCCOc1ccc(C(=O)N2CC(C)OC(C)C2)cc1. The molecule has 21 heavy (non-hydrogen) atoms. The minimum absolute atomic E-state index is 0.0668. The number of ether oxygens (including phenoxy) is 2. The van der Waals surface area contributed by atoms with Gasteiger partial charge in [0, 0.05) is 18.7 Å². The fourth-order valence-electron chi connectivity index (χ4n) is 2.55. The van der Waals surface area contributed by atoms with Crippen molar-refractivity contribution in [1.82, 2.24) is 4.90 Å². The van der Waals surface area contributed by atoms with Crippen LogP contribution >= 0.6 is 0 Å². The number of carbonyl (C=O) groups is 1. The molecule has 1 aliphatic rings. The number of hydrogen-bond acceptors (Lipinski definition) is 3. The molecule has 2 unspecified atom stereocenters. The van der Waals surface area contributed by atoms with E-state index >= 15 is 0 Å². The van der Waals surface area contributed by atoms with Crippen molar-refractivity contribution in [2.24, 2.45) is 0 Å². The molecule has 2 rings (SSSR count). The first kappa shape index (κ1) is 15.8. The predicted octanol–water partition coefficient (Wildman–Crippen LogP) is 3.11. The summed E-state index contributed by atoms with van der Waals surface area (Å²) >= 11 is 0. The van der Waals surface area contributed by atoms with E-state index in [-0.39, 0.29) is 18.1 Å². The van der Waals surface area contributed by atoms with Gasteiger partial charge in [-0.15, -0.1) is 0 Å². The number of rotatable bonds is 5. The van der Waals surface area contributed by atoms with Gasteiger partial charge in [0.1, 0.15) is 5.75 Å². The molecule has 0 spiro atoms. The van der Waals surface area contributed by atoms with Crippen molar-refractivity contribution in [2.45, 2.75) is 45.8 Å². The van der Waals surface area contributed by atoms with Gasteiger partial charge < -0.3 is 14.4 Å². The number of carbonyl (C=O) groups excluding carboxylic acids is 1. The summed E-state index contributed by atoms with van der Waals surface area (Å²) in [6.45, 7) is 8.16. The third kappa shape index (κ3) is 4.46. The van der Waals surface area contributed by atoms with Crippen LogP contribution < -0.4 is 4.74 Å². The summed E-state index contributed by atoms with van der Waals surface area (Å²) < 4.78 is 11.3. The molecule has 0 saturated carbocycles. The molecule has 2 atom stereocenters. The molecule has 0 aromatic heterocycles. The lowest BCUT2D eigenvalue weighted by atomic mass is 10.1. The fourth-order valence-corrected chi connectivity index (χ4v) is 2.55. The Labute approximate surface area is 127 Å². The molecule has 1 fully saturated rings. The van der Waals surface area contributed by atoms with E-state index in [1.165, 1.54) is 0 Å². The topological polar surface area (TPSA) is 38.8 Å². The van der Waals surface area contributed by atoms with Gasteiger partial charge in [0.2, 0.25) is 0 Å². The zero-order valence-electron chi connectivity index (χ0n) is 13.2. The van der Waals surface area contributed by atoms with Crippen LogP contribution in [0.1, 0.15) is 44.0 Å². The Bertz CT molecular complexity index is 448. The second-order valence-corrected chi connectivity index (χ2v) is 5.69. The van der Waals surface area contributed by atoms with Crippen molar-refractivity contribution < 1.29 is 14.3 Å². The molecular formula is C17H25NO3. The summed E-state index contributed by atoms with van der Waals surface area (Å²) in [5, 5.41) is 0. The van der Waals surface area contributed by atoms with Crippen molar-refractivity contribution in [3.63, 3.8) is 0 Å². The molecular weight excluding hydrogens is 266 g/mol. The van der Waals surface area contributed by atoms with Gasteiger partial charge in [0.15, 0.2) is 0 Å². The number of hydrogen-bond donors (Lipinski definition) is 0. The predicted molar refractivity (Wildman–Crippen MR) is 82.8 cm³/mol. The van der Waals surface area contributed by atoms with E-state index in [9.17, 15) is 4.79 Å². The number of unbranched alkanes of at least 4 members (excludes halogenated alkanes) is 1. The molecule has 0 N–H and O–H groups in total. The second kappa shape index (κ2) is 7.46. The minimum Gasteiger partial charge on any atom is -0.494 e. The lowest BCUT2D eigenvalue weighted by molar-refractivity contribution is -0.0586. The highest BCUT2D eigenvalue weighted by Gasteiger charge is 2.26. The van der Waals surface area contributed by atoms with Crippen molar-refractivity contribution in [1.29, 1.82) is 0 Å². The summed E-state index contributed by atoms with van der Waals surface area (Å²) in [5.41, 5.74) is 0.708. The number of nitrogens with zero attached hydrogens (tertiary/aromatic N) is 1. The first-order valence-electron chi connectivity index (χ1n) is 7.77. The third-order valence-corrected chi connectivity index (χ3v) is 3.57. The standard InChI is InChI=1S/C17H25NO3/c1-4-5-10-20-16-8-6-15(7-9-16)17(19)18-11-13(2)21-14(3)12-18/h6-9,13-14H,4-5,10-12H2,1-3H3. The molecule has 1 saturated heterocycles. The molecule has 1 amide bonds. The summed E-state index contributed by atoms with van der Waals surface area (Å²) in [6, 6.07) is 7.43. The van der Waals surface area contributed by atoms with Crippen LogP contribution in [0.3, 0.4) is 0 Å². The van der Waals surface area contributed by atoms with Crippen LogP contribution in [0.15, 0.2) is 24.3 Å². The average Bonchev–Trinajstić information content (AvgIpc) is 2.46. The van der Waals surface area contributed by atoms with Gasteiger partial charge in [0.05, 0.1) is 18.8 Å². The van der Waals surface area contributed by atoms with Gasteiger partial charge in [-0.3, -0.25) is 4.79 Å². The number of benzene rings is 1. The largest absolute Gasteiger partial charge is 0.494 e. The molecule has 4 heteroatoms. The van der Waals surface area contributed by atoms with Crippen LogP contribution in [0.25, 0.3) is 0 Å². The summed E-state index contributed by atoms with van der Waals surface area (Å²) in [5.74, 6) is 0.890. The minimum atomic E-state index is 0.0668. The first-order valence-corrected chi connectivity index (χ1v) is 7.77. The lowest BCUT2D eigenvalue weighted by Crippen LogP contribution is -2.48. The van der Waals surface area contributed by atoms with Crippen molar-refractivity contribution >= 4 is 5.91 Å². The van der Waals surface area contributed by atoms with Crippen LogP contribution in [-0.4, -0.2) is 42.7 Å². The Balaban J connectivity index is 1.96. The van der Waals surface area contributed by atoms with Crippen LogP contribution in [-0.2, 0) is 4.74 Å². The first-order chi connectivity index (χ1) is 10.1. The highest BCUT2D eigenvalue weighted by atomic mass is 16.5. The third-order valence-electron chi connectivity index (χ3n) is 3.57. The zero-order valence-corrected chi connectivity index (χ0v) is 13.2. The molecule has 1 aliphatic heterocycles. The van der Waals surface area contributed by atoms with Crippen LogP contribution in [0, 0.1) is 0 Å². The van der Waals surface area contributed by atoms with Gasteiger partial charge in [-0.2, -0.15) is 0 Å². The van der Waals surface area contributed by atoms with E-state index in [1.807, 2.05) is 43.0 Å². The number of amides is 1. The molecule has 0 aliphatic carbocycles. The average molecular weight is 291 g/mol. The highest BCUT2D eigenvalue weighted by Crippen LogP contribution is 2.17. The van der Waals surface area contributed by atoms with Crippen molar-refractivity contribution in [3.05, 3.63) is 29.8 Å². The van der Waals surface area contributed by atoms with E-state index in [2.05, 4.69) is 6.92 Å². The zero-order chi connectivity index (χ0) is 15.2. The Hall–Kier alpha value is -1.55. The fraction of sp³-hybridized carbons (Fsp3) is 0.588. The molecule has 1 heterocycles. The maximum atomic E-state index is 12.5. The highest BCUT2D eigenvalue weighted by molar-refractivity contribution is 5.94. The van der Waals surface area contributed by atoms with Gasteiger partial charge in [-0.05, 0) is 44.5 Å². The normalized spacial score (nSPS) is 22.1. The van der Waals surface area contributed by atoms with E-state index in [1.54, 1.807) is 0 Å². The molecule has 4 nitrogen and oxygen atoms in total. The van der Waals surface area contributed by atoms with Crippen molar-refractivity contribution in [2.75, 3.05) is 19.7 Å². The Morgan fingerprint density at radius 3 is 2.43 bits per heavy atom. The van der Waals surface area contributed by atoms with E-state index in [0.717, 1.165) is 25.2 Å². The maximum absolute atomic E-state index is 12.5. The monoisotopic (exact) mass is 291 g/mol. The van der Waals surface area contributed by atoms with Gasteiger partial charge in [-0.25, -0.2) is 0 Å².